The van der Waals surface area contributed by atoms with Crippen LogP contribution in [0.5, 0.6) is 11.5 Å². The summed E-state index contributed by atoms with van der Waals surface area (Å²) in [5.74, 6) is 0.890. The van der Waals surface area contributed by atoms with Crippen LogP contribution in [-0.4, -0.2) is 54.2 Å². The van der Waals surface area contributed by atoms with Crippen molar-refractivity contribution in [2.75, 3.05) is 38.7 Å². The Balaban J connectivity index is 1.57. The van der Waals surface area contributed by atoms with Gasteiger partial charge in [-0.1, -0.05) is 11.6 Å². The normalized spacial score (nSPS) is 13.4. The number of hydrogen-bond acceptors (Lipinski definition) is 6. The Labute approximate surface area is 177 Å². The Hall–Kier alpha value is -3.33. The maximum atomic E-state index is 14.2. The number of carbonyl (C=O) groups excluding carboxylic acids is 1. The van der Waals surface area contributed by atoms with Crippen molar-refractivity contribution in [3.8, 4) is 11.5 Å². The van der Waals surface area contributed by atoms with E-state index in [9.17, 15) is 9.18 Å². The summed E-state index contributed by atoms with van der Waals surface area (Å²) in [4.78, 5) is 21.8. The van der Waals surface area contributed by atoms with Crippen molar-refractivity contribution in [1.29, 1.82) is 0 Å². The molecule has 2 N–H and O–H groups in total. The van der Waals surface area contributed by atoms with Gasteiger partial charge in [-0.25, -0.2) is 19.2 Å². The van der Waals surface area contributed by atoms with E-state index in [1.807, 2.05) is 0 Å². The molecule has 4 rings (SSSR count). The molecule has 1 aromatic heterocycles. The van der Waals surface area contributed by atoms with Crippen molar-refractivity contribution in [2.45, 2.75) is 0 Å². The van der Waals surface area contributed by atoms with E-state index in [0.29, 0.717) is 59.5 Å². The van der Waals surface area contributed by atoms with Crippen LogP contribution in [0.4, 0.5) is 20.7 Å². The number of anilines is 2. The number of urea groups is 1. The first-order chi connectivity index (χ1) is 14.5. The van der Waals surface area contributed by atoms with E-state index in [1.54, 1.807) is 23.1 Å². The summed E-state index contributed by atoms with van der Waals surface area (Å²) >= 11 is 5.81. The standard InChI is InChI=1S/C20H19ClFN5O3/c1-29-17-9-13-16(10-18(17)30-7-6-27-5-4-23-20(27)28)24-11-25-19(13)26-15-3-2-12(21)8-14(15)22/h2-3,8-11H,4-7H2,1H3,(H,23,28)(H,24,25,26). The van der Waals surface area contributed by atoms with E-state index in [-0.39, 0.29) is 11.7 Å². The Morgan fingerprint density at radius 1 is 1.27 bits per heavy atom. The number of nitrogens with zero attached hydrogens (tertiary/aromatic N) is 3. The minimum Gasteiger partial charge on any atom is -0.493 e. The largest absolute Gasteiger partial charge is 0.493 e. The molecule has 0 bridgehead atoms. The van der Waals surface area contributed by atoms with Gasteiger partial charge in [-0.3, -0.25) is 0 Å². The molecule has 2 amide bonds. The van der Waals surface area contributed by atoms with Crippen molar-refractivity contribution in [3.63, 3.8) is 0 Å². The van der Waals surface area contributed by atoms with E-state index < -0.39 is 5.82 Å². The molecular weight excluding hydrogens is 413 g/mol. The minimum atomic E-state index is -0.493. The second-order valence-corrected chi connectivity index (χ2v) is 7.00. The third-order valence-electron chi connectivity index (χ3n) is 4.67. The first-order valence-electron chi connectivity index (χ1n) is 9.25. The predicted octanol–water partition coefficient (Wildman–Crippen LogP) is 3.58. The number of aromatic nitrogens is 2. The van der Waals surface area contributed by atoms with E-state index in [2.05, 4.69) is 20.6 Å². The number of methoxy groups -OCH3 is 1. The van der Waals surface area contributed by atoms with Crippen LogP contribution in [0.3, 0.4) is 0 Å². The van der Waals surface area contributed by atoms with Crippen molar-refractivity contribution in [3.05, 3.63) is 47.5 Å². The number of ether oxygens (including phenoxy) is 2. The number of benzene rings is 2. The number of halogens is 2. The molecule has 1 aliphatic rings. The number of hydrogen-bond donors (Lipinski definition) is 2. The van der Waals surface area contributed by atoms with E-state index in [1.165, 1.54) is 25.6 Å². The zero-order chi connectivity index (χ0) is 21.1. The number of rotatable bonds is 7. The molecular formula is C20H19ClFN5O3. The van der Waals surface area contributed by atoms with Gasteiger partial charge < -0.3 is 25.0 Å². The highest BCUT2D eigenvalue weighted by molar-refractivity contribution is 6.30. The van der Waals surface area contributed by atoms with E-state index in [0.717, 1.165) is 0 Å². The first kappa shape index (κ1) is 20.0. The number of amides is 2. The molecule has 0 aliphatic carbocycles. The molecule has 2 heterocycles. The fourth-order valence-electron chi connectivity index (χ4n) is 3.14. The van der Waals surface area contributed by atoms with Crippen LogP contribution in [0.1, 0.15) is 0 Å². The average molecular weight is 432 g/mol. The van der Waals surface area contributed by atoms with Crippen LogP contribution < -0.4 is 20.1 Å². The maximum absolute atomic E-state index is 14.2. The quantitative estimate of drug-likeness (QED) is 0.594. The summed E-state index contributed by atoms with van der Waals surface area (Å²) < 4.78 is 25.5. The highest BCUT2D eigenvalue weighted by Crippen LogP contribution is 2.35. The van der Waals surface area contributed by atoms with Crippen LogP contribution in [0.15, 0.2) is 36.7 Å². The molecule has 1 saturated heterocycles. The molecule has 8 nitrogen and oxygen atoms in total. The van der Waals surface area contributed by atoms with Crippen LogP contribution >= 0.6 is 11.6 Å². The summed E-state index contributed by atoms with van der Waals surface area (Å²) in [6, 6.07) is 7.70. The highest BCUT2D eigenvalue weighted by Gasteiger charge is 2.19. The van der Waals surface area contributed by atoms with Crippen LogP contribution in [-0.2, 0) is 0 Å². The van der Waals surface area contributed by atoms with Gasteiger partial charge in [0.05, 0.1) is 24.9 Å². The molecule has 0 atom stereocenters. The van der Waals surface area contributed by atoms with Crippen LogP contribution in [0.2, 0.25) is 5.02 Å². The molecule has 0 unspecified atom stereocenters. The molecule has 0 spiro atoms. The number of carbonyl (C=O) groups is 1. The Morgan fingerprint density at radius 3 is 2.87 bits per heavy atom. The fraction of sp³-hybridized carbons (Fsp3) is 0.250. The molecule has 0 saturated carbocycles. The summed E-state index contributed by atoms with van der Waals surface area (Å²) in [6.45, 7) is 2.06. The van der Waals surface area contributed by atoms with E-state index >= 15 is 0 Å². The third-order valence-corrected chi connectivity index (χ3v) is 4.90. The van der Waals surface area contributed by atoms with Crippen molar-refractivity contribution < 1.29 is 18.7 Å². The van der Waals surface area contributed by atoms with Gasteiger partial charge in [-0.15, -0.1) is 0 Å². The lowest BCUT2D eigenvalue weighted by molar-refractivity contribution is 0.201. The van der Waals surface area contributed by atoms with Gasteiger partial charge in [0.25, 0.3) is 0 Å². The third kappa shape index (κ3) is 4.16. The second-order valence-electron chi connectivity index (χ2n) is 6.56. The lowest BCUT2D eigenvalue weighted by Crippen LogP contribution is -2.31. The number of nitrogens with one attached hydrogen (secondary N) is 2. The summed E-state index contributed by atoms with van der Waals surface area (Å²) in [6.07, 6.45) is 1.38. The topological polar surface area (TPSA) is 88.6 Å². The van der Waals surface area contributed by atoms with Crippen molar-refractivity contribution >= 4 is 40.0 Å². The molecule has 0 radical (unpaired) electrons. The molecule has 156 valence electrons. The van der Waals surface area contributed by atoms with Gasteiger partial charge in [-0.2, -0.15) is 0 Å². The monoisotopic (exact) mass is 431 g/mol. The lowest BCUT2D eigenvalue weighted by atomic mass is 10.2. The molecule has 1 fully saturated rings. The zero-order valence-corrected chi connectivity index (χ0v) is 16.9. The molecule has 1 aliphatic heterocycles. The van der Waals surface area contributed by atoms with Crippen molar-refractivity contribution in [1.82, 2.24) is 20.2 Å². The Bertz CT molecular complexity index is 1100. The number of fused-ring (bicyclic) bond motifs is 1. The molecule has 2 aromatic carbocycles. The Kier molecular flexibility index (Phi) is 5.71. The lowest BCUT2D eigenvalue weighted by Gasteiger charge is -2.17. The fourth-order valence-corrected chi connectivity index (χ4v) is 3.30. The van der Waals surface area contributed by atoms with Gasteiger partial charge in [0, 0.05) is 29.6 Å². The van der Waals surface area contributed by atoms with Gasteiger partial charge in [0.15, 0.2) is 11.5 Å². The van der Waals surface area contributed by atoms with Gasteiger partial charge in [0.1, 0.15) is 24.6 Å². The van der Waals surface area contributed by atoms with Gasteiger partial charge in [0.2, 0.25) is 0 Å². The summed E-state index contributed by atoms with van der Waals surface area (Å²) in [5, 5.41) is 6.65. The molecule has 3 aromatic rings. The summed E-state index contributed by atoms with van der Waals surface area (Å²) in [7, 11) is 1.53. The first-order valence-corrected chi connectivity index (χ1v) is 9.63. The Morgan fingerprint density at radius 2 is 2.13 bits per heavy atom. The zero-order valence-electron chi connectivity index (χ0n) is 16.1. The van der Waals surface area contributed by atoms with Gasteiger partial charge in [-0.05, 0) is 24.3 Å². The van der Waals surface area contributed by atoms with Gasteiger partial charge >= 0.3 is 6.03 Å². The average Bonchev–Trinajstić information content (AvgIpc) is 3.14. The predicted molar refractivity (Wildman–Crippen MR) is 111 cm³/mol. The smallest absolute Gasteiger partial charge is 0.317 e. The second kappa shape index (κ2) is 8.58. The minimum absolute atomic E-state index is 0.0954. The molecule has 30 heavy (non-hydrogen) atoms. The SMILES string of the molecule is COc1cc2c(Nc3ccc(Cl)cc3F)ncnc2cc1OCCN1CCNC1=O. The van der Waals surface area contributed by atoms with Crippen molar-refractivity contribution in [2.24, 2.45) is 0 Å². The molecule has 10 heteroatoms. The maximum Gasteiger partial charge on any atom is 0.317 e. The summed E-state index contributed by atoms with van der Waals surface area (Å²) in [5.41, 5.74) is 0.833. The van der Waals surface area contributed by atoms with E-state index in [4.69, 9.17) is 21.1 Å². The van der Waals surface area contributed by atoms with Crippen LogP contribution in [0.25, 0.3) is 10.9 Å². The van der Waals surface area contributed by atoms with Crippen LogP contribution in [0, 0.1) is 5.82 Å². The highest BCUT2D eigenvalue weighted by atomic mass is 35.5.